The summed E-state index contributed by atoms with van der Waals surface area (Å²) >= 11 is 1.73. The summed E-state index contributed by atoms with van der Waals surface area (Å²) in [6.07, 6.45) is 7.88. The van der Waals surface area contributed by atoms with E-state index < -0.39 is 0 Å². The van der Waals surface area contributed by atoms with Crippen molar-refractivity contribution in [3.63, 3.8) is 0 Å². The van der Waals surface area contributed by atoms with Crippen LogP contribution in [0.1, 0.15) is 50.5 Å². The van der Waals surface area contributed by atoms with Gasteiger partial charge in [0.05, 0.1) is 11.7 Å². The highest BCUT2D eigenvalue weighted by Crippen LogP contribution is 2.28. The van der Waals surface area contributed by atoms with Crippen LogP contribution in [-0.4, -0.2) is 40.9 Å². The van der Waals surface area contributed by atoms with E-state index in [0.29, 0.717) is 12.5 Å². The number of aryl methyl sites for hydroxylation is 1. The second-order valence-electron chi connectivity index (χ2n) is 7.37. The number of rotatable bonds is 4. The SMILES string of the molecule is Cc1ccc(NC(=O)CC2CSC(=NC3CCCCCC3)N2C)c(F)c1. The van der Waals surface area contributed by atoms with Crippen LogP contribution in [0.3, 0.4) is 0 Å². The van der Waals surface area contributed by atoms with E-state index in [1.54, 1.807) is 23.9 Å². The highest BCUT2D eigenvalue weighted by Gasteiger charge is 2.30. The van der Waals surface area contributed by atoms with Crippen molar-refractivity contribution in [3.05, 3.63) is 29.6 Å². The zero-order valence-corrected chi connectivity index (χ0v) is 16.4. The van der Waals surface area contributed by atoms with E-state index in [0.717, 1.165) is 16.5 Å². The molecule has 1 amide bonds. The number of hydrogen-bond acceptors (Lipinski definition) is 3. The number of halogens is 1. The Kier molecular flexibility index (Phi) is 6.57. The minimum Gasteiger partial charge on any atom is -0.350 e. The van der Waals surface area contributed by atoms with Crippen LogP contribution < -0.4 is 5.32 Å². The molecule has 1 N–H and O–H groups in total. The van der Waals surface area contributed by atoms with Gasteiger partial charge in [-0.3, -0.25) is 9.79 Å². The molecule has 2 aliphatic rings. The molecule has 0 spiro atoms. The molecular formula is C20H28FN3OS. The Morgan fingerprint density at radius 2 is 2.04 bits per heavy atom. The molecule has 1 unspecified atom stereocenters. The molecule has 0 bridgehead atoms. The van der Waals surface area contributed by atoms with E-state index in [-0.39, 0.29) is 23.5 Å². The molecule has 1 aromatic rings. The van der Waals surface area contributed by atoms with Crippen molar-refractivity contribution in [2.45, 2.75) is 64.0 Å². The Bertz CT molecular complexity index is 671. The molecule has 0 aromatic heterocycles. The van der Waals surface area contributed by atoms with Gasteiger partial charge in [0, 0.05) is 25.3 Å². The van der Waals surface area contributed by atoms with E-state index in [9.17, 15) is 9.18 Å². The number of amidine groups is 1. The van der Waals surface area contributed by atoms with Crippen molar-refractivity contribution in [1.29, 1.82) is 0 Å². The summed E-state index contributed by atoms with van der Waals surface area (Å²) in [6, 6.07) is 5.39. The molecule has 1 atom stereocenters. The van der Waals surface area contributed by atoms with E-state index in [1.807, 2.05) is 14.0 Å². The number of hydrogen-bond donors (Lipinski definition) is 1. The summed E-state index contributed by atoms with van der Waals surface area (Å²) in [5.41, 5.74) is 1.09. The lowest BCUT2D eigenvalue weighted by atomic mass is 10.1. The molecule has 4 nitrogen and oxygen atoms in total. The topological polar surface area (TPSA) is 44.7 Å². The third kappa shape index (κ3) is 5.00. The van der Waals surface area contributed by atoms with E-state index in [1.165, 1.54) is 44.6 Å². The van der Waals surface area contributed by atoms with Crippen LogP contribution in [0.25, 0.3) is 0 Å². The third-order valence-electron chi connectivity index (χ3n) is 5.19. The van der Waals surface area contributed by atoms with Gasteiger partial charge in [-0.05, 0) is 37.5 Å². The standard InChI is InChI=1S/C20H28FN3OS/c1-14-9-10-18(17(21)11-14)23-19(25)12-16-13-26-20(24(16)2)22-15-7-5-3-4-6-8-15/h9-11,15-16H,3-8,12-13H2,1-2H3,(H,23,25). The first-order chi connectivity index (χ1) is 12.5. The van der Waals surface area contributed by atoms with Gasteiger partial charge >= 0.3 is 0 Å². The lowest BCUT2D eigenvalue weighted by Crippen LogP contribution is -2.34. The van der Waals surface area contributed by atoms with Crippen LogP contribution >= 0.6 is 11.8 Å². The highest BCUT2D eigenvalue weighted by atomic mass is 32.2. The number of aliphatic imine (C=N–C) groups is 1. The maximum absolute atomic E-state index is 13.9. The van der Waals surface area contributed by atoms with Crippen molar-refractivity contribution in [3.8, 4) is 0 Å². The molecule has 1 aromatic carbocycles. The molecule has 26 heavy (non-hydrogen) atoms. The minimum atomic E-state index is -0.386. The fraction of sp³-hybridized carbons (Fsp3) is 0.600. The zero-order chi connectivity index (χ0) is 18.5. The van der Waals surface area contributed by atoms with Crippen molar-refractivity contribution in [2.75, 3.05) is 18.1 Å². The zero-order valence-electron chi connectivity index (χ0n) is 15.6. The van der Waals surface area contributed by atoms with Gasteiger partial charge in [0.1, 0.15) is 5.82 Å². The summed E-state index contributed by atoms with van der Waals surface area (Å²) in [4.78, 5) is 19.4. The van der Waals surface area contributed by atoms with Crippen LogP contribution in [0.2, 0.25) is 0 Å². The van der Waals surface area contributed by atoms with Gasteiger partial charge in [-0.25, -0.2) is 4.39 Å². The van der Waals surface area contributed by atoms with Gasteiger partial charge < -0.3 is 10.2 Å². The van der Waals surface area contributed by atoms with Gasteiger partial charge in [0.25, 0.3) is 0 Å². The van der Waals surface area contributed by atoms with Gasteiger partial charge in [0.15, 0.2) is 5.17 Å². The fourth-order valence-corrected chi connectivity index (χ4v) is 4.80. The Morgan fingerprint density at radius 3 is 2.73 bits per heavy atom. The number of nitrogens with zero attached hydrogens (tertiary/aromatic N) is 2. The lowest BCUT2D eigenvalue weighted by molar-refractivity contribution is -0.116. The predicted molar refractivity (Wildman–Crippen MR) is 107 cm³/mol. The summed E-state index contributed by atoms with van der Waals surface area (Å²) in [5, 5.41) is 3.75. The molecule has 142 valence electrons. The third-order valence-corrected chi connectivity index (χ3v) is 6.39. The van der Waals surface area contributed by atoms with Crippen molar-refractivity contribution >= 4 is 28.5 Å². The molecule has 0 radical (unpaired) electrons. The Morgan fingerprint density at radius 1 is 1.31 bits per heavy atom. The maximum Gasteiger partial charge on any atom is 0.226 e. The average Bonchev–Trinajstić information content (AvgIpc) is 2.80. The molecule has 1 heterocycles. The van der Waals surface area contributed by atoms with Crippen molar-refractivity contribution in [2.24, 2.45) is 4.99 Å². The number of nitrogens with one attached hydrogen (secondary N) is 1. The predicted octanol–water partition coefficient (Wildman–Crippen LogP) is 4.59. The van der Waals surface area contributed by atoms with Crippen molar-refractivity contribution in [1.82, 2.24) is 4.90 Å². The first-order valence-corrected chi connectivity index (χ1v) is 10.5. The van der Waals surface area contributed by atoms with Crippen LogP contribution in [0.4, 0.5) is 10.1 Å². The normalized spacial score (nSPS) is 23.3. The van der Waals surface area contributed by atoms with Crippen molar-refractivity contribution < 1.29 is 9.18 Å². The summed E-state index contributed by atoms with van der Waals surface area (Å²) in [5.74, 6) is 0.315. The van der Waals surface area contributed by atoms with E-state index in [4.69, 9.17) is 4.99 Å². The summed E-state index contributed by atoms with van der Waals surface area (Å²) in [6.45, 7) is 1.83. The second kappa shape index (κ2) is 8.89. The monoisotopic (exact) mass is 377 g/mol. The maximum atomic E-state index is 13.9. The van der Waals surface area contributed by atoms with E-state index in [2.05, 4.69) is 10.2 Å². The largest absolute Gasteiger partial charge is 0.350 e. The van der Waals surface area contributed by atoms with E-state index >= 15 is 0 Å². The minimum absolute atomic E-state index is 0.109. The summed E-state index contributed by atoms with van der Waals surface area (Å²) < 4.78 is 13.9. The first kappa shape index (κ1) is 19.2. The number of carbonyl (C=O) groups excluding carboxylic acids is 1. The molecule has 2 fully saturated rings. The molecule has 3 rings (SSSR count). The molecule has 1 saturated carbocycles. The van der Waals surface area contributed by atoms with Crippen LogP contribution in [0.15, 0.2) is 23.2 Å². The quantitative estimate of drug-likeness (QED) is 0.781. The first-order valence-electron chi connectivity index (χ1n) is 9.52. The lowest BCUT2D eigenvalue weighted by Gasteiger charge is -2.21. The Balaban J connectivity index is 1.56. The number of amides is 1. The summed E-state index contributed by atoms with van der Waals surface area (Å²) in [7, 11) is 2.01. The Labute approximate surface area is 159 Å². The van der Waals surface area contributed by atoms with Crippen LogP contribution in [0, 0.1) is 12.7 Å². The second-order valence-corrected chi connectivity index (χ2v) is 8.36. The van der Waals surface area contributed by atoms with Crippen LogP contribution in [0.5, 0.6) is 0 Å². The van der Waals surface area contributed by atoms with Crippen LogP contribution in [-0.2, 0) is 4.79 Å². The smallest absolute Gasteiger partial charge is 0.226 e. The van der Waals surface area contributed by atoms with Gasteiger partial charge in [-0.2, -0.15) is 0 Å². The average molecular weight is 378 g/mol. The molecular weight excluding hydrogens is 349 g/mol. The van der Waals surface area contributed by atoms with Gasteiger partial charge in [-0.1, -0.05) is 43.5 Å². The number of thioether (sulfide) groups is 1. The fourth-order valence-electron chi connectivity index (χ4n) is 3.54. The highest BCUT2D eigenvalue weighted by molar-refractivity contribution is 8.14. The van der Waals surface area contributed by atoms with Gasteiger partial charge in [-0.15, -0.1) is 0 Å². The molecule has 1 aliphatic carbocycles. The molecule has 6 heteroatoms. The Hall–Kier alpha value is -1.56. The number of benzene rings is 1. The molecule has 1 aliphatic heterocycles. The number of anilines is 1. The van der Waals surface area contributed by atoms with Gasteiger partial charge in [0.2, 0.25) is 5.91 Å². The number of carbonyl (C=O) groups is 1. The molecule has 1 saturated heterocycles.